The molecule has 15 heavy (non-hydrogen) atoms. The van der Waals surface area contributed by atoms with Gasteiger partial charge in [-0.15, -0.1) is 11.8 Å². The van der Waals surface area contributed by atoms with E-state index in [4.69, 9.17) is 5.73 Å². The zero-order valence-electron chi connectivity index (χ0n) is 9.46. The van der Waals surface area contributed by atoms with Crippen molar-refractivity contribution in [3.05, 3.63) is 29.6 Å². The van der Waals surface area contributed by atoms with Gasteiger partial charge in [0.05, 0.1) is 0 Å². The smallest absolute Gasteiger partial charge is 0.123 e. The van der Waals surface area contributed by atoms with Gasteiger partial charge in [-0.05, 0) is 37.1 Å². The Kier molecular flexibility index (Phi) is 4.61. The number of hydrogen-bond acceptors (Lipinski definition) is 2. The van der Waals surface area contributed by atoms with Crippen LogP contribution in [0.1, 0.15) is 38.8 Å². The molecule has 1 aromatic rings. The number of thioether (sulfide) groups is 1. The average Bonchev–Trinajstić information content (AvgIpc) is 2.20. The number of rotatable bonds is 4. The summed E-state index contributed by atoms with van der Waals surface area (Å²) in [5.74, 6) is -0.212. The molecule has 0 aromatic heterocycles. The van der Waals surface area contributed by atoms with Gasteiger partial charge in [0, 0.05) is 16.2 Å². The van der Waals surface area contributed by atoms with E-state index in [1.807, 2.05) is 13.0 Å². The Bertz CT molecular complexity index is 325. The SMILES string of the molecule is CCC(C)Sc1ccc(F)cc1[C@@H](C)N. The lowest BCUT2D eigenvalue weighted by Gasteiger charge is -2.15. The Morgan fingerprint density at radius 3 is 2.60 bits per heavy atom. The number of halogens is 1. The van der Waals surface area contributed by atoms with E-state index in [0.717, 1.165) is 16.9 Å². The summed E-state index contributed by atoms with van der Waals surface area (Å²) in [5, 5.41) is 0.535. The third-order valence-electron chi connectivity index (χ3n) is 2.37. The fourth-order valence-electron chi connectivity index (χ4n) is 1.28. The summed E-state index contributed by atoms with van der Waals surface area (Å²) in [7, 11) is 0. The summed E-state index contributed by atoms with van der Waals surface area (Å²) in [6, 6.07) is 4.74. The average molecular weight is 227 g/mol. The third-order valence-corrected chi connectivity index (χ3v) is 3.73. The number of nitrogens with two attached hydrogens (primary N) is 1. The first kappa shape index (κ1) is 12.5. The van der Waals surface area contributed by atoms with Gasteiger partial charge in [-0.1, -0.05) is 13.8 Å². The first-order valence-electron chi connectivity index (χ1n) is 5.26. The lowest BCUT2D eigenvalue weighted by Crippen LogP contribution is -2.07. The molecule has 1 rings (SSSR count). The maximum atomic E-state index is 13.1. The second kappa shape index (κ2) is 5.52. The van der Waals surface area contributed by atoms with Crippen molar-refractivity contribution < 1.29 is 4.39 Å². The Balaban J connectivity index is 2.95. The molecule has 1 nitrogen and oxygen atoms in total. The summed E-state index contributed by atoms with van der Waals surface area (Å²) in [6.45, 7) is 6.20. The van der Waals surface area contributed by atoms with Crippen LogP contribution in [0.2, 0.25) is 0 Å². The van der Waals surface area contributed by atoms with Crippen LogP contribution in [-0.4, -0.2) is 5.25 Å². The molecule has 0 saturated carbocycles. The van der Waals surface area contributed by atoms with Gasteiger partial charge in [0.25, 0.3) is 0 Å². The fraction of sp³-hybridized carbons (Fsp3) is 0.500. The van der Waals surface area contributed by atoms with Crippen LogP contribution in [0.3, 0.4) is 0 Å². The van der Waals surface area contributed by atoms with Gasteiger partial charge in [-0.25, -0.2) is 4.39 Å². The first-order valence-corrected chi connectivity index (χ1v) is 6.14. The molecule has 0 saturated heterocycles. The third kappa shape index (κ3) is 3.50. The van der Waals surface area contributed by atoms with Crippen molar-refractivity contribution in [1.82, 2.24) is 0 Å². The highest BCUT2D eigenvalue weighted by molar-refractivity contribution is 8.00. The van der Waals surface area contributed by atoms with Crippen LogP contribution in [0.4, 0.5) is 4.39 Å². The molecule has 0 aliphatic heterocycles. The zero-order chi connectivity index (χ0) is 11.4. The van der Waals surface area contributed by atoms with E-state index in [-0.39, 0.29) is 11.9 Å². The zero-order valence-corrected chi connectivity index (χ0v) is 10.3. The predicted octanol–water partition coefficient (Wildman–Crippen LogP) is 3.74. The van der Waals surface area contributed by atoms with Gasteiger partial charge in [-0.3, -0.25) is 0 Å². The van der Waals surface area contributed by atoms with E-state index in [2.05, 4.69) is 13.8 Å². The Labute approximate surface area is 95.2 Å². The van der Waals surface area contributed by atoms with E-state index >= 15 is 0 Å². The molecule has 2 N–H and O–H groups in total. The van der Waals surface area contributed by atoms with Crippen molar-refractivity contribution in [2.45, 2.75) is 43.4 Å². The quantitative estimate of drug-likeness (QED) is 0.793. The van der Waals surface area contributed by atoms with Gasteiger partial charge in [0.1, 0.15) is 5.82 Å². The van der Waals surface area contributed by atoms with Crippen molar-refractivity contribution >= 4 is 11.8 Å². The van der Waals surface area contributed by atoms with Gasteiger partial charge >= 0.3 is 0 Å². The van der Waals surface area contributed by atoms with Gasteiger partial charge < -0.3 is 5.73 Å². The van der Waals surface area contributed by atoms with E-state index < -0.39 is 0 Å². The van der Waals surface area contributed by atoms with Crippen LogP contribution in [0, 0.1) is 5.82 Å². The highest BCUT2D eigenvalue weighted by Crippen LogP contribution is 2.31. The van der Waals surface area contributed by atoms with Crippen LogP contribution in [-0.2, 0) is 0 Å². The standard InChI is InChI=1S/C12H18FNS/c1-4-8(2)15-12-6-5-10(13)7-11(12)9(3)14/h5-9H,4,14H2,1-3H3/t8?,9-/m1/s1. The van der Waals surface area contributed by atoms with E-state index in [1.54, 1.807) is 11.8 Å². The topological polar surface area (TPSA) is 26.0 Å². The molecule has 0 heterocycles. The highest BCUT2D eigenvalue weighted by Gasteiger charge is 2.11. The Morgan fingerprint density at radius 2 is 2.07 bits per heavy atom. The minimum atomic E-state index is -0.212. The molecule has 0 fully saturated rings. The van der Waals surface area contributed by atoms with Gasteiger partial charge in [0.2, 0.25) is 0 Å². The predicted molar refractivity (Wildman–Crippen MR) is 64.6 cm³/mol. The van der Waals surface area contributed by atoms with Crippen molar-refractivity contribution in [2.75, 3.05) is 0 Å². The lowest BCUT2D eigenvalue weighted by molar-refractivity contribution is 0.619. The van der Waals surface area contributed by atoms with Crippen LogP contribution in [0.25, 0.3) is 0 Å². The highest BCUT2D eigenvalue weighted by atomic mass is 32.2. The van der Waals surface area contributed by atoms with Gasteiger partial charge in [0.15, 0.2) is 0 Å². The van der Waals surface area contributed by atoms with Crippen molar-refractivity contribution in [3.63, 3.8) is 0 Å². The maximum absolute atomic E-state index is 13.1. The minimum Gasteiger partial charge on any atom is -0.324 e. The molecule has 0 radical (unpaired) electrons. The minimum absolute atomic E-state index is 0.118. The first-order chi connectivity index (χ1) is 7.04. The van der Waals surface area contributed by atoms with Crippen LogP contribution in [0.15, 0.2) is 23.1 Å². The molecule has 1 unspecified atom stereocenters. The van der Waals surface area contributed by atoms with Gasteiger partial charge in [-0.2, -0.15) is 0 Å². The number of benzene rings is 1. The van der Waals surface area contributed by atoms with Crippen molar-refractivity contribution in [3.8, 4) is 0 Å². The lowest BCUT2D eigenvalue weighted by atomic mass is 10.1. The van der Waals surface area contributed by atoms with E-state index in [9.17, 15) is 4.39 Å². The molecule has 0 amide bonds. The molecule has 0 aliphatic carbocycles. The summed E-state index contributed by atoms with van der Waals surface area (Å²) in [5.41, 5.74) is 6.72. The molecule has 3 heteroatoms. The van der Waals surface area contributed by atoms with Crippen LogP contribution >= 0.6 is 11.8 Å². The monoisotopic (exact) mass is 227 g/mol. The van der Waals surface area contributed by atoms with E-state index in [1.165, 1.54) is 12.1 Å². The fourth-order valence-corrected chi connectivity index (χ4v) is 2.41. The Hall–Kier alpha value is -0.540. The Morgan fingerprint density at radius 1 is 1.40 bits per heavy atom. The molecule has 84 valence electrons. The molecular weight excluding hydrogens is 209 g/mol. The number of hydrogen-bond donors (Lipinski definition) is 1. The summed E-state index contributed by atoms with van der Waals surface area (Å²) >= 11 is 1.76. The van der Waals surface area contributed by atoms with Crippen molar-refractivity contribution in [1.29, 1.82) is 0 Å². The molecular formula is C12H18FNS. The second-order valence-corrected chi connectivity index (χ2v) is 5.29. The molecule has 0 bridgehead atoms. The molecule has 0 spiro atoms. The maximum Gasteiger partial charge on any atom is 0.123 e. The summed E-state index contributed by atoms with van der Waals surface area (Å²) < 4.78 is 13.1. The summed E-state index contributed by atoms with van der Waals surface area (Å²) in [6.07, 6.45) is 1.10. The molecule has 1 aromatic carbocycles. The molecule has 0 aliphatic rings. The second-order valence-electron chi connectivity index (χ2n) is 3.81. The van der Waals surface area contributed by atoms with E-state index in [0.29, 0.717) is 5.25 Å². The normalized spacial score (nSPS) is 15.0. The van der Waals surface area contributed by atoms with Crippen molar-refractivity contribution in [2.24, 2.45) is 5.73 Å². The summed E-state index contributed by atoms with van der Waals surface area (Å²) in [4.78, 5) is 1.10. The van der Waals surface area contributed by atoms with Crippen LogP contribution < -0.4 is 5.73 Å². The largest absolute Gasteiger partial charge is 0.324 e. The molecule has 2 atom stereocenters. The van der Waals surface area contributed by atoms with Crippen LogP contribution in [0.5, 0.6) is 0 Å².